The minimum atomic E-state index is -4.54. The summed E-state index contributed by atoms with van der Waals surface area (Å²) in [7, 11) is -5.83. The summed E-state index contributed by atoms with van der Waals surface area (Å²) in [5.74, 6) is 0. The molecule has 1 aliphatic heterocycles. The van der Waals surface area contributed by atoms with Crippen LogP contribution in [0.1, 0.15) is 19.4 Å². The highest BCUT2D eigenvalue weighted by Gasteiger charge is 2.27. The molecule has 3 rings (SSSR count). The van der Waals surface area contributed by atoms with E-state index in [0.29, 0.717) is 9.41 Å². The Bertz CT molecular complexity index is 926. The van der Waals surface area contributed by atoms with Gasteiger partial charge in [0.2, 0.25) is 0 Å². The van der Waals surface area contributed by atoms with Gasteiger partial charge in [-0.05, 0) is 48.1 Å². The highest BCUT2D eigenvalue weighted by atomic mass is 35.7. The van der Waals surface area contributed by atoms with Crippen LogP contribution in [0.2, 0.25) is 0 Å². The third-order valence-corrected chi connectivity index (χ3v) is 7.08. The molecule has 6 nitrogen and oxygen atoms in total. The van der Waals surface area contributed by atoms with Gasteiger partial charge in [0.05, 0.1) is 19.6 Å². The van der Waals surface area contributed by atoms with E-state index in [9.17, 15) is 14.0 Å². The van der Waals surface area contributed by atoms with Gasteiger partial charge in [-0.2, -0.15) is 14.0 Å². The van der Waals surface area contributed by atoms with Gasteiger partial charge >= 0.3 is 0 Å². The van der Waals surface area contributed by atoms with Crippen molar-refractivity contribution < 1.29 is 28.0 Å². The zero-order valence-corrected chi connectivity index (χ0v) is 16.9. The van der Waals surface area contributed by atoms with Crippen LogP contribution in [0.4, 0.5) is 5.69 Å². The number of benzene rings is 2. The maximum absolute atomic E-state index is 11.3. The Labute approximate surface area is 163 Å². The Morgan fingerprint density at radius 3 is 2.52 bits per heavy atom. The number of fused-ring (bicyclic) bond motifs is 2. The average Bonchev–Trinajstić information content (AvgIpc) is 2.64. The summed E-state index contributed by atoms with van der Waals surface area (Å²) in [6, 6.07) is 13.1. The van der Waals surface area contributed by atoms with Crippen LogP contribution in [0, 0.1) is 14.8 Å². The predicted octanol–water partition coefficient (Wildman–Crippen LogP) is -0.00971. The fraction of sp³-hybridized carbons (Fsp3) is 0.316. The number of rotatable bonds is 8. The van der Waals surface area contributed by atoms with E-state index in [0.717, 1.165) is 42.6 Å². The van der Waals surface area contributed by atoms with Crippen LogP contribution in [0.3, 0.4) is 0 Å². The maximum Gasteiger partial charge on any atom is 0.148 e. The third-order valence-electron chi connectivity index (χ3n) is 4.43. The van der Waals surface area contributed by atoms with E-state index in [1.165, 1.54) is 0 Å². The van der Waals surface area contributed by atoms with E-state index < -0.39 is 21.0 Å². The van der Waals surface area contributed by atoms with E-state index in [-0.39, 0.29) is 0 Å². The number of anilines is 1. The molecule has 0 bridgehead atoms. The molecular formula is C19H23ClN2O4S. The predicted molar refractivity (Wildman–Crippen MR) is 98.1 cm³/mol. The van der Waals surface area contributed by atoms with Crippen molar-refractivity contribution in [2.75, 3.05) is 31.5 Å². The molecule has 1 heterocycles. The summed E-state index contributed by atoms with van der Waals surface area (Å²) < 4.78 is 39.5. The second-order valence-electron chi connectivity index (χ2n) is 6.10. The van der Waals surface area contributed by atoms with Gasteiger partial charge in [-0.25, -0.2) is 0 Å². The van der Waals surface area contributed by atoms with E-state index in [2.05, 4.69) is 24.1 Å². The number of hydrogen-bond acceptors (Lipinski definition) is 6. The SMILES string of the molecule is CCN(CC)CCNc1ccc2c(c1)=S(O[Cl+3]([O-])([O-])[O-])c1ccccc1C=2. The van der Waals surface area contributed by atoms with Crippen molar-refractivity contribution >= 4 is 22.5 Å². The molecule has 27 heavy (non-hydrogen) atoms. The van der Waals surface area contributed by atoms with Crippen LogP contribution in [-0.2, 0) is 3.74 Å². The van der Waals surface area contributed by atoms with E-state index in [1.807, 2.05) is 42.5 Å². The molecule has 0 saturated carbocycles. The number of nitrogens with zero attached hydrogens (tertiary/aromatic N) is 1. The molecule has 1 aliphatic rings. The lowest BCUT2D eigenvalue weighted by atomic mass is 10.1. The van der Waals surface area contributed by atoms with Crippen molar-refractivity contribution in [3.8, 4) is 0 Å². The minimum Gasteiger partial charge on any atom is -0.384 e. The monoisotopic (exact) mass is 410 g/mol. The first-order valence-electron chi connectivity index (χ1n) is 8.80. The summed E-state index contributed by atoms with van der Waals surface area (Å²) in [5, 5.41) is 4.22. The van der Waals surface area contributed by atoms with E-state index in [4.69, 9.17) is 3.74 Å². The van der Waals surface area contributed by atoms with Crippen molar-refractivity contribution in [1.29, 1.82) is 0 Å². The first-order valence-corrected chi connectivity index (χ1v) is 11.2. The Hall–Kier alpha value is -1.45. The fourth-order valence-corrected chi connectivity index (χ4v) is 5.54. The lowest BCUT2D eigenvalue weighted by Crippen LogP contribution is -2.60. The molecular weight excluding hydrogens is 388 g/mol. The summed E-state index contributed by atoms with van der Waals surface area (Å²) in [5.41, 5.74) is 1.73. The smallest absolute Gasteiger partial charge is 0.148 e. The van der Waals surface area contributed by atoms with Gasteiger partial charge in [0.15, 0.2) is 0 Å². The molecule has 0 spiro atoms. The molecule has 1 unspecified atom stereocenters. The largest absolute Gasteiger partial charge is 0.384 e. The Morgan fingerprint density at radius 1 is 1.07 bits per heavy atom. The summed E-state index contributed by atoms with van der Waals surface area (Å²) in [6.07, 6.45) is 1.98. The van der Waals surface area contributed by atoms with Crippen molar-refractivity contribution in [3.63, 3.8) is 0 Å². The van der Waals surface area contributed by atoms with Crippen LogP contribution < -0.4 is 24.5 Å². The average molecular weight is 411 g/mol. The Kier molecular flexibility index (Phi) is 6.54. The quantitative estimate of drug-likeness (QED) is 0.615. The molecule has 2 aromatic carbocycles. The van der Waals surface area contributed by atoms with Gasteiger partial charge in [0.1, 0.15) is 14.5 Å². The summed E-state index contributed by atoms with van der Waals surface area (Å²) in [4.78, 5) is 3.00. The lowest BCUT2D eigenvalue weighted by Gasteiger charge is -2.19. The first kappa shape index (κ1) is 20.3. The van der Waals surface area contributed by atoms with Crippen LogP contribution in [0.25, 0.3) is 6.08 Å². The molecule has 0 fully saturated rings. The number of likely N-dealkylation sites (N-methyl/N-ethyl adjacent to an activating group) is 1. The molecule has 1 atom stereocenters. The van der Waals surface area contributed by atoms with E-state index in [1.54, 1.807) is 6.07 Å². The minimum absolute atomic E-state index is 0.688. The Morgan fingerprint density at radius 2 is 1.81 bits per heavy atom. The zero-order valence-electron chi connectivity index (χ0n) is 15.3. The Balaban J connectivity index is 1.97. The molecule has 8 heteroatoms. The van der Waals surface area contributed by atoms with Crippen molar-refractivity contribution in [2.45, 2.75) is 18.7 Å². The standard InChI is InChI=1S/C19H23ClN2O4S/c1-3-22(4-2)12-11-21-17-10-9-16-13-15-7-5-6-8-18(15)27(19(16)14-17)26-20(23,24)25/h5-10,13-14,21H,3-4,11-12H2,1-2H3. The molecule has 0 aliphatic carbocycles. The fourth-order valence-electron chi connectivity index (χ4n) is 3.02. The molecule has 0 amide bonds. The highest BCUT2D eigenvalue weighted by molar-refractivity contribution is 8.05. The maximum atomic E-state index is 11.3. The van der Waals surface area contributed by atoms with Crippen molar-refractivity contribution in [3.05, 3.63) is 57.8 Å². The van der Waals surface area contributed by atoms with Crippen LogP contribution in [0.15, 0.2) is 47.4 Å². The topological polar surface area (TPSA) is 93.7 Å². The molecule has 0 radical (unpaired) electrons. The normalized spacial score (nSPS) is 15.9. The zero-order chi connectivity index (χ0) is 19.4. The summed E-state index contributed by atoms with van der Waals surface area (Å²) in [6.45, 7) is 7.92. The second-order valence-corrected chi connectivity index (χ2v) is 8.78. The summed E-state index contributed by atoms with van der Waals surface area (Å²) >= 11 is 0. The molecule has 146 valence electrons. The third kappa shape index (κ3) is 5.08. The van der Waals surface area contributed by atoms with Gasteiger partial charge in [0.25, 0.3) is 0 Å². The second kappa shape index (κ2) is 8.70. The number of nitrogens with one attached hydrogen (secondary N) is 1. The van der Waals surface area contributed by atoms with Gasteiger partial charge in [-0.1, -0.05) is 38.1 Å². The lowest BCUT2D eigenvalue weighted by molar-refractivity contribution is -1.91. The van der Waals surface area contributed by atoms with Crippen molar-refractivity contribution in [2.24, 2.45) is 0 Å². The van der Waals surface area contributed by atoms with Gasteiger partial charge in [-0.15, -0.1) is 0 Å². The van der Waals surface area contributed by atoms with Gasteiger partial charge in [-0.3, -0.25) is 0 Å². The van der Waals surface area contributed by atoms with Crippen molar-refractivity contribution in [1.82, 2.24) is 4.90 Å². The van der Waals surface area contributed by atoms with Gasteiger partial charge in [0, 0.05) is 18.8 Å². The molecule has 0 aromatic heterocycles. The van der Waals surface area contributed by atoms with Crippen LogP contribution in [-0.4, -0.2) is 31.1 Å². The highest BCUT2D eigenvalue weighted by Crippen LogP contribution is 2.37. The van der Waals surface area contributed by atoms with E-state index >= 15 is 0 Å². The van der Waals surface area contributed by atoms with Crippen LogP contribution in [0.5, 0.6) is 0 Å². The molecule has 1 N–H and O–H groups in total. The number of halogens is 1. The first-order chi connectivity index (χ1) is 12.9. The number of hydrogen-bond donors (Lipinski definition) is 1. The molecule has 2 aromatic rings. The van der Waals surface area contributed by atoms with Crippen LogP contribution >= 0.6 is 10.8 Å². The van der Waals surface area contributed by atoms with Gasteiger partial charge < -0.3 is 10.2 Å². The molecule has 0 saturated heterocycles.